The highest BCUT2D eigenvalue weighted by atomic mass is 32.2. The van der Waals surface area contributed by atoms with Crippen LogP contribution in [0.3, 0.4) is 0 Å². The van der Waals surface area contributed by atoms with Gasteiger partial charge in [0, 0.05) is 27.2 Å². The maximum Gasteiger partial charge on any atom is 0.281 e. The van der Waals surface area contributed by atoms with Crippen LogP contribution in [-0.4, -0.2) is 62.6 Å². The molecule has 1 unspecified atom stereocenters. The highest BCUT2D eigenvalue weighted by Gasteiger charge is 2.37. The van der Waals surface area contributed by atoms with E-state index in [1.807, 2.05) is 0 Å². The van der Waals surface area contributed by atoms with Crippen molar-refractivity contribution in [3.8, 4) is 0 Å². The number of nitrogens with zero attached hydrogens (tertiary/aromatic N) is 3. The number of para-hydroxylation sites is 2. The number of carbonyl (C=O) groups excluding carboxylic acids is 2. The average Bonchev–Trinajstić information content (AvgIpc) is 2.60. The summed E-state index contributed by atoms with van der Waals surface area (Å²) in [5.41, 5.74) is 1.25. The molecule has 2 heterocycles. The fourth-order valence-corrected chi connectivity index (χ4v) is 4.42. The first-order valence-electron chi connectivity index (χ1n) is 8.18. The molecule has 0 bridgehead atoms. The predicted octanol–water partition coefficient (Wildman–Crippen LogP) is 0.490. The van der Waals surface area contributed by atoms with Crippen LogP contribution < -0.4 is 10.2 Å². The molecule has 8 nitrogen and oxygen atoms in total. The monoisotopic (exact) mass is 366 g/mol. The van der Waals surface area contributed by atoms with Crippen molar-refractivity contribution in [1.82, 2.24) is 8.61 Å². The smallest absolute Gasteiger partial charge is 0.281 e. The number of amides is 2. The second-order valence-corrected chi connectivity index (χ2v) is 8.62. The number of piperidine rings is 1. The molecule has 2 amide bonds. The number of hydrogen-bond acceptors (Lipinski definition) is 4. The summed E-state index contributed by atoms with van der Waals surface area (Å²) in [5.74, 6) is -0.913. The van der Waals surface area contributed by atoms with Gasteiger partial charge in [0.25, 0.3) is 10.2 Å². The molecule has 1 aromatic carbocycles. The van der Waals surface area contributed by atoms with Gasteiger partial charge in [0.15, 0.2) is 0 Å². The summed E-state index contributed by atoms with van der Waals surface area (Å²) in [6, 6.07) is 7.12. The van der Waals surface area contributed by atoms with Crippen LogP contribution in [0.1, 0.15) is 12.8 Å². The third kappa shape index (κ3) is 3.39. The summed E-state index contributed by atoms with van der Waals surface area (Å²) < 4.78 is 27.2. The standard InChI is InChI=1S/C16H22N4O4S/c1-18(2)25(23,24)19-9-5-6-12(10-19)16(22)20-11-15(21)17-13-7-3-4-8-14(13)20/h3-4,7-8,12H,5-6,9-11H2,1-2H3,(H,17,21). The molecule has 0 saturated carbocycles. The van der Waals surface area contributed by atoms with E-state index in [9.17, 15) is 18.0 Å². The van der Waals surface area contributed by atoms with E-state index in [0.717, 1.165) is 4.31 Å². The Morgan fingerprint density at radius 1 is 1.28 bits per heavy atom. The lowest BCUT2D eigenvalue weighted by Crippen LogP contribution is -2.51. The van der Waals surface area contributed by atoms with Crippen LogP contribution in [0.15, 0.2) is 24.3 Å². The summed E-state index contributed by atoms with van der Waals surface area (Å²) in [6.07, 6.45) is 1.23. The average molecular weight is 366 g/mol. The Bertz CT molecular complexity index is 793. The van der Waals surface area contributed by atoms with Crippen LogP contribution in [0, 0.1) is 5.92 Å². The summed E-state index contributed by atoms with van der Waals surface area (Å²) in [6.45, 7) is 0.494. The molecule has 2 aliphatic rings. The van der Waals surface area contributed by atoms with Crippen molar-refractivity contribution in [1.29, 1.82) is 0 Å². The van der Waals surface area contributed by atoms with E-state index in [-0.39, 0.29) is 24.9 Å². The summed E-state index contributed by atoms with van der Waals surface area (Å²) >= 11 is 0. The van der Waals surface area contributed by atoms with Gasteiger partial charge in [-0.2, -0.15) is 17.0 Å². The largest absolute Gasteiger partial charge is 0.323 e. The first-order chi connectivity index (χ1) is 11.8. The maximum atomic E-state index is 13.0. The predicted molar refractivity (Wildman–Crippen MR) is 94.3 cm³/mol. The second-order valence-electron chi connectivity index (χ2n) is 6.48. The number of carbonyl (C=O) groups is 2. The van der Waals surface area contributed by atoms with Gasteiger partial charge in [-0.05, 0) is 25.0 Å². The van der Waals surface area contributed by atoms with E-state index in [2.05, 4.69) is 5.32 Å². The normalized spacial score (nSPS) is 21.8. The lowest BCUT2D eigenvalue weighted by molar-refractivity contribution is -0.125. The lowest BCUT2D eigenvalue weighted by Gasteiger charge is -2.36. The minimum absolute atomic E-state index is 0.0488. The summed E-state index contributed by atoms with van der Waals surface area (Å²) in [4.78, 5) is 26.4. The van der Waals surface area contributed by atoms with E-state index in [4.69, 9.17) is 0 Å². The maximum absolute atomic E-state index is 13.0. The van der Waals surface area contributed by atoms with E-state index in [0.29, 0.717) is 30.8 Å². The molecule has 9 heteroatoms. The Morgan fingerprint density at radius 3 is 2.72 bits per heavy atom. The zero-order valence-electron chi connectivity index (χ0n) is 14.3. The molecule has 1 atom stereocenters. The highest BCUT2D eigenvalue weighted by Crippen LogP contribution is 2.31. The van der Waals surface area contributed by atoms with Gasteiger partial charge < -0.3 is 10.2 Å². The highest BCUT2D eigenvalue weighted by molar-refractivity contribution is 7.86. The first-order valence-corrected chi connectivity index (χ1v) is 9.58. The third-order valence-electron chi connectivity index (χ3n) is 4.56. The van der Waals surface area contributed by atoms with E-state index < -0.39 is 16.1 Å². The quantitative estimate of drug-likeness (QED) is 0.843. The van der Waals surface area contributed by atoms with Crippen molar-refractivity contribution in [3.05, 3.63) is 24.3 Å². The van der Waals surface area contributed by atoms with Gasteiger partial charge >= 0.3 is 0 Å². The van der Waals surface area contributed by atoms with Crippen molar-refractivity contribution >= 4 is 33.4 Å². The fourth-order valence-electron chi connectivity index (χ4n) is 3.23. The molecule has 0 aliphatic carbocycles. The number of rotatable bonds is 3. The number of nitrogens with one attached hydrogen (secondary N) is 1. The van der Waals surface area contributed by atoms with Crippen LogP contribution in [0.25, 0.3) is 0 Å². The van der Waals surface area contributed by atoms with Gasteiger partial charge in [-0.25, -0.2) is 0 Å². The fraction of sp³-hybridized carbons (Fsp3) is 0.500. The van der Waals surface area contributed by atoms with Crippen molar-refractivity contribution in [2.24, 2.45) is 5.92 Å². The molecule has 1 aromatic rings. The second kappa shape index (κ2) is 6.74. The van der Waals surface area contributed by atoms with Crippen molar-refractivity contribution in [2.45, 2.75) is 12.8 Å². The van der Waals surface area contributed by atoms with Gasteiger partial charge in [-0.3, -0.25) is 9.59 Å². The van der Waals surface area contributed by atoms with Crippen molar-refractivity contribution < 1.29 is 18.0 Å². The number of hydrogen-bond donors (Lipinski definition) is 1. The Labute approximate surface area is 147 Å². The SMILES string of the molecule is CN(C)S(=O)(=O)N1CCCC(C(=O)N2CC(=O)Nc3ccccc32)C1. The molecule has 1 fully saturated rings. The summed E-state index contributed by atoms with van der Waals surface area (Å²) in [7, 11) is -0.595. The van der Waals surface area contributed by atoms with Crippen LogP contribution in [0.2, 0.25) is 0 Å². The molecule has 1 N–H and O–H groups in total. The van der Waals surface area contributed by atoms with E-state index in [1.54, 1.807) is 24.3 Å². The number of fused-ring (bicyclic) bond motifs is 1. The summed E-state index contributed by atoms with van der Waals surface area (Å²) in [5, 5.41) is 2.75. The zero-order chi connectivity index (χ0) is 18.2. The molecule has 1 saturated heterocycles. The minimum atomic E-state index is -3.55. The first kappa shape index (κ1) is 17.8. The molecule has 2 aliphatic heterocycles. The third-order valence-corrected chi connectivity index (χ3v) is 6.46. The topological polar surface area (TPSA) is 90.0 Å². The van der Waals surface area contributed by atoms with Crippen LogP contribution in [0.4, 0.5) is 11.4 Å². The molecular weight excluding hydrogens is 344 g/mol. The number of anilines is 2. The minimum Gasteiger partial charge on any atom is -0.323 e. The van der Waals surface area contributed by atoms with E-state index >= 15 is 0 Å². The van der Waals surface area contributed by atoms with Gasteiger partial charge in [0.2, 0.25) is 11.8 Å². The zero-order valence-corrected chi connectivity index (χ0v) is 15.1. The van der Waals surface area contributed by atoms with Crippen LogP contribution >= 0.6 is 0 Å². The van der Waals surface area contributed by atoms with Crippen molar-refractivity contribution in [3.63, 3.8) is 0 Å². The van der Waals surface area contributed by atoms with Crippen molar-refractivity contribution in [2.75, 3.05) is 43.9 Å². The molecule has 136 valence electrons. The molecule has 25 heavy (non-hydrogen) atoms. The molecular formula is C16H22N4O4S. The van der Waals surface area contributed by atoms with Crippen LogP contribution in [-0.2, 0) is 19.8 Å². The van der Waals surface area contributed by atoms with Gasteiger partial charge in [-0.15, -0.1) is 0 Å². The van der Waals surface area contributed by atoms with Gasteiger partial charge in [-0.1, -0.05) is 12.1 Å². The Morgan fingerprint density at radius 2 is 2.00 bits per heavy atom. The molecule has 0 radical (unpaired) electrons. The van der Waals surface area contributed by atoms with Gasteiger partial charge in [0.1, 0.15) is 6.54 Å². The lowest BCUT2D eigenvalue weighted by atomic mass is 9.97. The van der Waals surface area contributed by atoms with Crippen LogP contribution in [0.5, 0.6) is 0 Å². The Balaban J connectivity index is 1.83. The molecule has 0 aromatic heterocycles. The number of benzene rings is 1. The molecule has 3 rings (SSSR count). The molecule has 0 spiro atoms. The van der Waals surface area contributed by atoms with E-state index in [1.165, 1.54) is 23.3 Å². The van der Waals surface area contributed by atoms with Gasteiger partial charge in [0.05, 0.1) is 17.3 Å². The Hall–Kier alpha value is -1.97. The Kier molecular flexibility index (Phi) is 4.81.